The van der Waals surface area contributed by atoms with Gasteiger partial charge in [-0.25, -0.2) is 13.4 Å². The zero-order valence-electron chi connectivity index (χ0n) is 17.2. The van der Waals surface area contributed by atoms with E-state index in [-0.39, 0.29) is 16.2 Å². The van der Waals surface area contributed by atoms with Gasteiger partial charge in [0.1, 0.15) is 15.4 Å². The molecule has 0 aliphatic carbocycles. The lowest BCUT2D eigenvalue weighted by Crippen LogP contribution is -2.57. The first-order valence-corrected chi connectivity index (χ1v) is 13.1. The van der Waals surface area contributed by atoms with Crippen molar-refractivity contribution in [1.82, 2.24) is 19.5 Å². The highest BCUT2D eigenvalue weighted by Gasteiger charge is 2.37. The summed E-state index contributed by atoms with van der Waals surface area (Å²) < 4.78 is 29.5. The Morgan fingerprint density at radius 1 is 1.20 bits per heavy atom. The monoisotopic (exact) mass is 470 g/mol. The molecule has 1 N–H and O–H groups in total. The molecule has 0 spiro atoms. The van der Waals surface area contributed by atoms with Gasteiger partial charge in [-0.2, -0.15) is 4.72 Å². The van der Waals surface area contributed by atoms with Gasteiger partial charge in [-0.3, -0.25) is 4.79 Å². The van der Waals surface area contributed by atoms with Crippen molar-refractivity contribution in [1.29, 1.82) is 0 Å². The summed E-state index contributed by atoms with van der Waals surface area (Å²) in [5, 5.41) is 0.318. The number of likely N-dealkylation sites (tertiary alicyclic amines) is 2. The van der Waals surface area contributed by atoms with Crippen LogP contribution in [-0.4, -0.2) is 66.9 Å². The minimum absolute atomic E-state index is 0.102. The van der Waals surface area contributed by atoms with Crippen molar-refractivity contribution < 1.29 is 13.2 Å². The summed E-state index contributed by atoms with van der Waals surface area (Å²) in [6.07, 6.45) is 3.19. The number of hydrogen-bond donors (Lipinski definition) is 1. The van der Waals surface area contributed by atoms with E-state index in [0.717, 1.165) is 48.4 Å². The molecule has 2 fully saturated rings. The molecule has 4 heterocycles. The predicted octanol–water partition coefficient (Wildman–Crippen LogP) is 3.09. The van der Waals surface area contributed by atoms with Crippen LogP contribution in [0.4, 0.5) is 0 Å². The first-order valence-electron chi connectivity index (χ1n) is 10.4. The molecule has 7 nitrogen and oxygen atoms in total. The van der Waals surface area contributed by atoms with Crippen molar-refractivity contribution in [2.45, 2.75) is 61.9 Å². The fraction of sp³-hybridized carbons (Fsp3) is 0.600. The molecule has 2 aromatic rings. The number of carbonyl (C=O) groups is 1. The zero-order valence-corrected chi connectivity index (χ0v) is 19.6. The number of thiophene rings is 1. The van der Waals surface area contributed by atoms with E-state index in [4.69, 9.17) is 11.6 Å². The summed E-state index contributed by atoms with van der Waals surface area (Å²) in [6, 6.07) is 4.89. The Kier molecular flexibility index (Phi) is 6.37. The van der Waals surface area contributed by atoms with Gasteiger partial charge in [0, 0.05) is 31.7 Å². The molecule has 0 bridgehead atoms. The van der Waals surface area contributed by atoms with E-state index in [1.807, 2.05) is 4.90 Å². The molecular formula is C20H27ClN4O3S2. The fourth-order valence-corrected chi connectivity index (χ4v) is 7.05. The lowest BCUT2D eigenvalue weighted by molar-refractivity contribution is -0.139. The van der Waals surface area contributed by atoms with E-state index in [1.54, 1.807) is 12.1 Å². The van der Waals surface area contributed by atoms with Crippen LogP contribution < -0.4 is 4.72 Å². The number of nitrogens with one attached hydrogen (secondary N) is 1. The van der Waals surface area contributed by atoms with E-state index < -0.39 is 16.1 Å². The number of aromatic nitrogens is 1. The number of pyridine rings is 1. The summed E-state index contributed by atoms with van der Waals surface area (Å²) in [5.41, 5.74) is 0.543. The molecule has 10 heteroatoms. The van der Waals surface area contributed by atoms with Gasteiger partial charge in [-0.15, -0.1) is 11.3 Å². The topological polar surface area (TPSA) is 82.6 Å². The van der Waals surface area contributed by atoms with Crippen molar-refractivity contribution in [3.05, 3.63) is 23.4 Å². The third-order valence-electron chi connectivity index (χ3n) is 6.02. The van der Waals surface area contributed by atoms with E-state index in [0.29, 0.717) is 29.7 Å². The molecular weight excluding hydrogens is 444 g/mol. The molecule has 0 aromatic carbocycles. The quantitative estimate of drug-likeness (QED) is 0.679. The third kappa shape index (κ3) is 4.50. The number of amides is 1. The molecule has 0 unspecified atom stereocenters. The second-order valence-electron chi connectivity index (χ2n) is 8.29. The summed E-state index contributed by atoms with van der Waals surface area (Å²) in [5.74, 6) is -0.102. The maximum Gasteiger partial charge on any atom is 0.250 e. The van der Waals surface area contributed by atoms with Gasteiger partial charge < -0.3 is 9.80 Å². The normalized spacial score (nSPS) is 22.3. The minimum atomic E-state index is -3.81. The fourth-order valence-electron chi connectivity index (χ4n) is 4.34. The van der Waals surface area contributed by atoms with Crippen LogP contribution in [0.2, 0.25) is 5.15 Å². The van der Waals surface area contributed by atoms with Gasteiger partial charge in [0.2, 0.25) is 5.91 Å². The molecule has 2 aromatic heterocycles. The molecule has 2 aliphatic heterocycles. The molecule has 1 amide bonds. The lowest BCUT2D eigenvalue weighted by Gasteiger charge is -2.43. The highest BCUT2D eigenvalue weighted by atomic mass is 35.5. The van der Waals surface area contributed by atoms with Crippen LogP contribution in [0, 0.1) is 0 Å². The number of piperidine rings is 2. The van der Waals surface area contributed by atoms with Gasteiger partial charge in [-0.1, -0.05) is 11.6 Å². The SMILES string of the molecule is CC(C)N1CCC(N2CCC[C@H](NS(=O)(=O)c3cc4nc(Cl)ccc4s3)C2=O)CC1. The van der Waals surface area contributed by atoms with Crippen LogP contribution in [0.25, 0.3) is 10.2 Å². The molecule has 0 saturated carbocycles. The number of halogens is 1. The maximum atomic E-state index is 13.1. The van der Waals surface area contributed by atoms with E-state index in [2.05, 4.69) is 28.5 Å². The van der Waals surface area contributed by atoms with Crippen molar-refractivity contribution in [2.24, 2.45) is 0 Å². The van der Waals surface area contributed by atoms with Crippen molar-refractivity contribution in [3.63, 3.8) is 0 Å². The Bertz CT molecular complexity index is 1030. The van der Waals surface area contributed by atoms with Gasteiger partial charge in [0.05, 0.1) is 10.2 Å². The van der Waals surface area contributed by atoms with Crippen molar-refractivity contribution in [3.8, 4) is 0 Å². The predicted molar refractivity (Wildman–Crippen MR) is 119 cm³/mol. The summed E-state index contributed by atoms with van der Waals surface area (Å²) in [4.78, 5) is 21.6. The molecule has 2 saturated heterocycles. The number of rotatable bonds is 5. The Hall–Kier alpha value is -1.26. The highest BCUT2D eigenvalue weighted by molar-refractivity contribution is 7.91. The highest BCUT2D eigenvalue weighted by Crippen LogP contribution is 2.30. The first-order chi connectivity index (χ1) is 14.2. The van der Waals surface area contributed by atoms with Crippen LogP contribution in [0.15, 0.2) is 22.4 Å². The minimum Gasteiger partial charge on any atom is -0.338 e. The second-order valence-corrected chi connectivity index (χ2v) is 11.7. The van der Waals surface area contributed by atoms with Gasteiger partial charge in [0.25, 0.3) is 10.0 Å². The average Bonchev–Trinajstić information content (AvgIpc) is 3.14. The van der Waals surface area contributed by atoms with E-state index in [9.17, 15) is 13.2 Å². The lowest BCUT2D eigenvalue weighted by atomic mass is 9.97. The van der Waals surface area contributed by atoms with Crippen molar-refractivity contribution in [2.75, 3.05) is 19.6 Å². The Balaban J connectivity index is 1.46. The number of carbonyl (C=O) groups excluding carboxylic acids is 1. The summed E-state index contributed by atoms with van der Waals surface area (Å²) in [7, 11) is -3.81. The Morgan fingerprint density at radius 2 is 1.93 bits per heavy atom. The van der Waals surface area contributed by atoms with Crippen molar-refractivity contribution >= 4 is 49.1 Å². The molecule has 30 heavy (non-hydrogen) atoms. The van der Waals surface area contributed by atoms with Gasteiger partial charge >= 0.3 is 0 Å². The molecule has 0 radical (unpaired) electrons. The molecule has 4 rings (SSSR count). The largest absolute Gasteiger partial charge is 0.338 e. The molecule has 164 valence electrons. The smallest absolute Gasteiger partial charge is 0.250 e. The van der Waals surface area contributed by atoms with Crippen LogP contribution in [0.3, 0.4) is 0 Å². The standard InChI is InChI=1S/C20H27ClN4O3S2/c1-13(2)24-10-7-14(8-11-24)25-9-3-4-15(20(25)26)23-30(27,28)19-12-16-17(29-19)5-6-18(21)22-16/h5-6,12-15,23H,3-4,7-11H2,1-2H3/t15-/m0/s1. The number of hydrogen-bond acceptors (Lipinski definition) is 6. The number of nitrogens with zero attached hydrogens (tertiary/aromatic N) is 3. The zero-order chi connectivity index (χ0) is 21.5. The van der Waals surface area contributed by atoms with Gasteiger partial charge in [-0.05, 0) is 57.7 Å². The second kappa shape index (κ2) is 8.70. The Labute approximate surface area is 186 Å². The van der Waals surface area contributed by atoms with E-state index in [1.165, 1.54) is 6.07 Å². The molecule has 2 aliphatic rings. The van der Waals surface area contributed by atoms with E-state index >= 15 is 0 Å². The van der Waals surface area contributed by atoms with Crippen LogP contribution in [0.5, 0.6) is 0 Å². The maximum absolute atomic E-state index is 13.1. The van der Waals surface area contributed by atoms with Crippen LogP contribution in [0.1, 0.15) is 39.5 Å². The Morgan fingerprint density at radius 3 is 2.63 bits per heavy atom. The van der Waals surface area contributed by atoms with Gasteiger partial charge in [0.15, 0.2) is 0 Å². The number of sulfonamides is 1. The van der Waals surface area contributed by atoms with Crippen LogP contribution in [-0.2, 0) is 14.8 Å². The number of fused-ring (bicyclic) bond motifs is 1. The summed E-state index contributed by atoms with van der Waals surface area (Å²) in [6.45, 7) is 7.03. The first kappa shape index (κ1) is 22.0. The summed E-state index contributed by atoms with van der Waals surface area (Å²) >= 11 is 7.04. The average molecular weight is 471 g/mol. The third-order valence-corrected chi connectivity index (χ3v) is 9.27. The molecule has 1 atom stereocenters. The van der Waals surface area contributed by atoms with Crippen LogP contribution >= 0.6 is 22.9 Å².